The van der Waals surface area contributed by atoms with Crippen molar-refractivity contribution in [2.45, 2.75) is 19.8 Å². The molecule has 29 heavy (non-hydrogen) atoms. The van der Waals surface area contributed by atoms with Crippen molar-refractivity contribution in [3.8, 4) is 11.7 Å². The molecule has 2 amide bonds. The Morgan fingerprint density at radius 3 is 2.66 bits per heavy atom. The summed E-state index contributed by atoms with van der Waals surface area (Å²) in [4.78, 5) is 40.1. The number of ketones is 1. The van der Waals surface area contributed by atoms with Crippen LogP contribution in [0.3, 0.4) is 0 Å². The van der Waals surface area contributed by atoms with E-state index in [1.54, 1.807) is 48.7 Å². The van der Waals surface area contributed by atoms with Gasteiger partial charge < -0.3 is 8.83 Å². The number of aromatic nitrogens is 1. The third-order valence-corrected chi connectivity index (χ3v) is 5.20. The van der Waals surface area contributed by atoms with Gasteiger partial charge in [-0.05, 0) is 42.5 Å². The zero-order chi connectivity index (χ0) is 20.4. The van der Waals surface area contributed by atoms with Gasteiger partial charge in [-0.25, -0.2) is 4.98 Å². The van der Waals surface area contributed by atoms with Crippen molar-refractivity contribution in [1.29, 1.82) is 0 Å². The predicted molar refractivity (Wildman–Crippen MR) is 107 cm³/mol. The highest BCUT2D eigenvalue weighted by atomic mass is 32.2. The van der Waals surface area contributed by atoms with E-state index in [1.165, 1.54) is 0 Å². The number of carbonyl (C=O) groups excluding carboxylic acids is 3. The molecule has 1 aliphatic heterocycles. The number of thioether (sulfide) groups is 1. The molecule has 0 unspecified atom stereocenters. The minimum absolute atomic E-state index is 0.0192. The molecule has 0 spiro atoms. The van der Waals surface area contributed by atoms with Crippen molar-refractivity contribution in [3.05, 3.63) is 70.1 Å². The fourth-order valence-corrected chi connectivity index (χ4v) is 3.56. The molecule has 0 atom stereocenters. The molecule has 1 aromatic carbocycles. The highest BCUT2D eigenvalue weighted by molar-refractivity contribution is 8.18. The fourth-order valence-electron chi connectivity index (χ4n) is 2.88. The first-order chi connectivity index (χ1) is 14.0. The average molecular weight is 408 g/mol. The summed E-state index contributed by atoms with van der Waals surface area (Å²) in [5.74, 6) is 1.19. The average Bonchev–Trinajstić information content (AvgIpc) is 3.42. The number of oxazole rings is 1. The Bertz CT molecular complexity index is 1110. The summed E-state index contributed by atoms with van der Waals surface area (Å²) >= 11 is 0.859. The number of nitrogens with one attached hydrogen (secondary N) is 1. The number of furan rings is 1. The molecule has 3 aromatic rings. The number of rotatable bonds is 6. The number of carbonyl (C=O) groups is 3. The summed E-state index contributed by atoms with van der Waals surface area (Å²) in [6.45, 7) is 1.81. The third-order valence-electron chi connectivity index (χ3n) is 4.39. The molecule has 4 rings (SSSR count). The van der Waals surface area contributed by atoms with Crippen LogP contribution in [0.25, 0.3) is 17.7 Å². The lowest BCUT2D eigenvalue weighted by Crippen LogP contribution is -2.17. The second kappa shape index (κ2) is 7.92. The van der Waals surface area contributed by atoms with Gasteiger partial charge in [0.1, 0.15) is 5.76 Å². The molecule has 8 heteroatoms. The molecule has 0 saturated carbocycles. The predicted octanol–water partition coefficient (Wildman–Crippen LogP) is 4.38. The van der Waals surface area contributed by atoms with Crippen LogP contribution < -0.4 is 5.32 Å². The zero-order valence-electron chi connectivity index (χ0n) is 15.4. The smallest absolute Gasteiger partial charge is 0.290 e. The monoisotopic (exact) mass is 408 g/mol. The van der Waals surface area contributed by atoms with Crippen molar-refractivity contribution >= 4 is 34.8 Å². The van der Waals surface area contributed by atoms with Gasteiger partial charge >= 0.3 is 0 Å². The standard InChI is InChI=1S/C21H16N2O5S/c1-12-15(22-20(28-12)17-3-2-10-27-17)8-9-16(24)14-6-4-13(5-7-14)11-18-19(25)23-21(26)29-18/h2-7,10-11H,8-9H2,1H3,(H,23,25,26)/b18-11-. The Morgan fingerprint density at radius 2 is 2.00 bits per heavy atom. The van der Waals surface area contributed by atoms with E-state index in [-0.39, 0.29) is 17.4 Å². The first-order valence-corrected chi connectivity index (χ1v) is 9.69. The number of hydrogen-bond donors (Lipinski definition) is 1. The van der Waals surface area contributed by atoms with Crippen molar-refractivity contribution in [3.63, 3.8) is 0 Å². The molecule has 1 fully saturated rings. The van der Waals surface area contributed by atoms with Gasteiger partial charge in [-0.3, -0.25) is 19.7 Å². The number of Topliss-reactive ketones (excluding diaryl/α,β-unsaturated/α-hetero) is 1. The van der Waals surface area contributed by atoms with Gasteiger partial charge in [0.25, 0.3) is 17.0 Å². The second-order valence-corrected chi connectivity index (χ2v) is 7.41. The Hall–Kier alpha value is -3.39. The topological polar surface area (TPSA) is 102 Å². The van der Waals surface area contributed by atoms with E-state index in [1.807, 2.05) is 6.92 Å². The lowest BCUT2D eigenvalue weighted by atomic mass is 10.0. The summed E-state index contributed by atoms with van der Waals surface area (Å²) < 4.78 is 10.9. The number of nitrogens with zero attached hydrogens (tertiary/aromatic N) is 1. The Labute approximate surface area is 170 Å². The van der Waals surface area contributed by atoms with Crippen LogP contribution >= 0.6 is 11.8 Å². The second-order valence-electron chi connectivity index (χ2n) is 6.40. The molecule has 1 N–H and O–H groups in total. The van der Waals surface area contributed by atoms with Gasteiger partial charge in [0.15, 0.2) is 11.5 Å². The maximum Gasteiger partial charge on any atom is 0.290 e. The quantitative estimate of drug-likeness (QED) is 0.477. The van der Waals surface area contributed by atoms with Crippen LogP contribution in [-0.4, -0.2) is 21.9 Å². The number of imide groups is 1. The molecule has 0 aliphatic carbocycles. The Morgan fingerprint density at radius 1 is 1.21 bits per heavy atom. The zero-order valence-corrected chi connectivity index (χ0v) is 16.2. The Balaban J connectivity index is 1.40. The molecular formula is C21H16N2O5S. The van der Waals surface area contributed by atoms with Crippen molar-refractivity contribution in [1.82, 2.24) is 10.3 Å². The third kappa shape index (κ3) is 4.22. The maximum absolute atomic E-state index is 12.5. The number of benzene rings is 1. The number of aryl methyl sites for hydroxylation is 2. The lowest BCUT2D eigenvalue weighted by molar-refractivity contribution is -0.115. The first-order valence-electron chi connectivity index (χ1n) is 8.88. The van der Waals surface area contributed by atoms with Gasteiger partial charge in [0.05, 0.1) is 16.9 Å². The molecule has 1 aliphatic rings. The van der Waals surface area contributed by atoms with Gasteiger partial charge in [-0.15, -0.1) is 0 Å². The summed E-state index contributed by atoms with van der Waals surface area (Å²) in [6.07, 6.45) is 3.92. The molecule has 146 valence electrons. The number of hydrogen-bond acceptors (Lipinski definition) is 7. The van der Waals surface area contributed by atoms with E-state index in [2.05, 4.69) is 10.3 Å². The van der Waals surface area contributed by atoms with Crippen molar-refractivity contribution in [2.75, 3.05) is 0 Å². The summed E-state index contributed by atoms with van der Waals surface area (Å²) in [5, 5.41) is 1.82. The van der Waals surface area contributed by atoms with Gasteiger partial charge in [-0.2, -0.15) is 0 Å². The van der Waals surface area contributed by atoms with Crippen molar-refractivity contribution in [2.24, 2.45) is 0 Å². The molecule has 0 bridgehead atoms. The van der Waals surface area contributed by atoms with Crippen LogP contribution in [0.15, 0.2) is 56.4 Å². The highest BCUT2D eigenvalue weighted by Gasteiger charge is 2.24. The minimum atomic E-state index is -0.406. The highest BCUT2D eigenvalue weighted by Crippen LogP contribution is 2.26. The largest absolute Gasteiger partial charge is 0.459 e. The van der Waals surface area contributed by atoms with Crippen molar-refractivity contribution < 1.29 is 23.2 Å². The van der Waals surface area contributed by atoms with E-state index < -0.39 is 5.91 Å². The first kappa shape index (κ1) is 18.9. The maximum atomic E-state index is 12.5. The molecule has 1 saturated heterocycles. The van der Waals surface area contributed by atoms with Crippen LogP contribution in [0.5, 0.6) is 0 Å². The van der Waals surface area contributed by atoms with Gasteiger partial charge in [0.2, 0.25) is 0 Å². The SMILES string of the molecule is Cc1oc(-c2ccco2)nc1CCC(=O)c1ccc(/C=C2\SC(=O)NC2=O)cc1. The summed E-state index contributed by atoms with van der Waals surface area (Å²) in [7, 11) is 0. The van der Waals surface area contributed by atoms with E-state index in [9.17, 15) is 14.4 Å². The summed E-state index contributed by atoms with van der Waals surface area (Å²) in [5.41, 5.74) is 2.03. The van der Waals surface area contributed by atoms with Gasteiger partial charge in [-0.1, -0.05) is 24.3 Å². The number of amides is 2. The lowest BCUT2D eigenvalue weighted by Gasteiger charge is -2.02. The van der Waals surface area contributed by atoms with Crippen LogP contribution in [-0.2, 0) is 11.2 Å². The van der Waals surface area contributed by atoms with Crippen LogP contribution in [0.4, 0.5) is 4.79 Å². The summed E-state index contributed by atoms with van der Waals surface area (Å²) in [6, 6.07) is 10.4. The van der Waals surface area contributed by atoms with Gasteiger partial charge in [0, 0.05) is 18.4 Å². The molecule has 2 aromatic heterocycles. The van der Waals surface area contributed by atoms with E-state index in [0.717, 1.165) is 23.0 Å². The normalized spacial score (nSPS) is 15.1. The fraction of sp³-hybridized carbons (Fsp3) is 0.143. The van der Waals surface area contributed by atoms with E-state index in [0.29, 0.717) is 34.3 Å². The van der Waals surface area contributed by atoms with E-state index >= 15 is 0 Å². The van der Waals surface area contributed by atoms with Crippen LogP contribution in [0.2, 0.25) is 0 Å². The van der Waals surface area contributed by atoms with Crippen LogP contribution in [0.1, 0.15) is 33.8 Å². The molecule has 0 radical (unpaired) electrons. The Kier molecular flexibility index (Phi) is 5.18. The molecule has 3 heterocycles. The minimum Gasteiger partial charge on any atom is -0.459 e. The molecular weight excluding hydrogens is 392 g/mol. The molecule has 7 nitrogen and oxygen atoms in total. The van der Waals surface area contributed by atoms with E-state index in [4.69, 9.17) is 8.83 Å². The van der Waals surface area contributed by atoms with Crippen LogP contribution in [0, 0.1) is 6.92 Å².